The lowest BCUT2D eigenvalue weighted by Gasteiger charge is -2.34. The molecule has 2 atom stereocenters. The van der Waals surface area contributed by atoms with Gasteiger partial charge in [0.25, 0.3) is 0 Å². The number of hydrogen-bond donors (Lipinski definition) is 2. The second kappa shape index (κ2) is 8.03. The number of amides is 2. The lowest BCUT2D eigenvalue weighted by atomic mass is 9.92. The number of aliphatic hydroxyl groups excluding tert-OH is 1. The molecule has 6 heteroatoms. The van der Waals surface area contributed by atoms with E-state index in [1.54, 1.807) is 6.26 Å². The first kappa shape index (κ1) is 17.3. The number of likely N-dealkylation sites (tertiary alicyclic amines) is 2. The zero-order valence-electron chi connectivity index (χ0n) is 14.5. The maximum absolute atomic E-state index is 12.5. The molecule has 2 N–H and O–H groups in total. The molecular weight excluding hydrogens is 306 g/mol. The summed E-state index contributed by atoms with van der Waals surface area (Å²) in [5.74, 6) is 1.24. The fourth-order valence-electron chi connectivity index (χ4n) is 3.82. The molecule has 0 radical (unpaired) electrons. The first-order valence-corrected chi connectivity index (χ1v) is 9.13. The van der Waals surface area contributed by atoms with Crippen LogP contribution in [-0.4, -0.2) is 59.8 Å². The molecule has 6 nitrogen and oxygen atoms in total. The second-order valence-corrected chi connectivity index (χ2v) is 7.03. The van der Waals surface area contributed by atoms with Crippen LogP contribution >= 0.6 is 0 Å². The van der Waals surface area contributed by atoms with Gasteiger partial charge in [0.1, 0.15) is 5.76 Å². The van der Waals surface area contributed by atoms with Crippen LogP contribution in [0.3, 0.4) is 0 Å². The summed E-state index contributed by atoms with van der Waals surface area (Å²) in [6.45, 7) is 5.96. The van der Waals surface area contributed by atoms with Gasteiger partial charge in [0.15, 0.2) is 0 Å². The number of furan rings is 1. The summed E-state index contributed by atoms with van der Waals surface area (Å²) in [5, 5.41) is 12.8. The van der Waals surface area contributed by atoms with E-state index in [1.807, 2.05) is 24.0 Å². The summed E-state index contributed by atoms with van der Waals surface area (Å²) in [6.07, 6.45) is 5.57. The van der Waals surface area contributed by atoms with Crippen LogP contribution in [0.4, 0.5) is 4.79 Å². The van der Waals surface area contributed by atoms with Crippen molar-refractivity contribution in [3.05, 3.63) is 24.2 Å². The summed E-state index contributed by atoms with van der Waals surface area (Å²) >= 11 is 0. The lowest BCUT2D eigenvalue weighted by molar-refractivity contribution is 0.0793. The van der Waals surface area contributed by atoms with Crippen molar-refractivity contribution < 1.29 is 14.3 Å². The molecule has 24 heavy (non-hydrogen) atoms. The monoisotopic (exact) mass is 335 g/mol. The molecule has 0 bridgehead atoms. The highest BCUT2D eigenvalue weighted by Crippen LogP contribution is 2.25. The van der Waals surface area contributed by atoms with E-state index in [1.165, 1.54) is 12.8 Å². The highest BCUT2D eigenvalue weighted by molar-refractivity contribution is 5.74. The average Bonchev–Trinajstić information content (AvgIpc) is 3.29. The molecule has 2 aliphatic heterocycles. The van der Waals surface area contributed by atoms with Gasteiger partial charge >= 0.3 is 6.03 Å². The molecule has 2 aliphatic rings. The van der Waals surface area contributed by atoms with Gasteiger partial charge in [-0.2, -0.15) is 0 Å². The van der Waals surface area contributed by atoms with Crippen LogP contribution in [0, 0.1) is 5.92 Å². The summed E-state index contributed by atoms with van der Waals surface area (Å²) in [6, 6.07) is 4.00. The molecule has 0 saturated carbocycles. The fraction of sp³-hybridized carbons (Fsp3) is 0.722. The largest absolute Gasteiger partial charge is 0.468 e. The Labute approximate surface area is 143 Å². The maximum Gasteiger partial charge on any atom is 0.317 e. The van der Waals surface area contributed by atoms with E-state index >= 15 is 0 Å². The Morgan fingerprint density at radius 3 is 2.62 bits per heavy atom. The first-order valence-electron chi connectivity index (χ1n) is 9.13. The molecule has 3 rings (SSSR count). The van der Waals surface area contributed by atoms with Gasteiger partial charge in [-0.05, 0) is 63.7 Å². The highest BCUT2D eigenvalue weighted by Gasteiger charge is 2.28. The maximum atomic E-state index is 12.5. The number of nitrogens with zero attached hydrogens (tertiary/aromatic N) is 2. The Hall–Kier alpha value is -1.53. The van der Waals surface area contributed by atoms with Crippen molar-refractivity contribution in [1.29, 1.82) is 0 Å². The normalized spacial score (nSPS) is 22.5. The van der Waals surface area contributed by atoms with Crippen molar-refractivity contribution in [2.45, 2.75) is 44.8 Å². The minimum atomic E-state index is -0.284. The van der Waals surface area contributed by atoms with Gasteiger partial charge in [-0.1, -0.05) is 0 Å². The van der Waals surface area contributed by atoms with Gasteiger partial charge in [0, 0.05) is 19.6 Å². The van der Waals surface area contributed by atoms with E-state index < -0.39 is 0 Å². The topological polar surface area (TPSA) is 69.0 Å². The molecule has 2 fully saturated rings. The Morgan fingerprint density at radius 2 is 2.04 bits per heavy atom. The van der Waals surface area contributed by atoms with Crippen LogP contribution in [0.25, 0.3) is 0 Å². The van der Waals surface area contributed by atoms with E-state index in [0.717, 1.165) is 44.8 Å². The van der Waals surface area contributed by atoms with Crippen LogP contribution < -0.4 is 5.32 Å². The number of hydrogen-bond acceptors (Lipinski definition) is 4. The van der Waals surface area contributed by atoms with Crippen molar-refractivity contribution >= 4 is 6.03 Å². The van der Waals surface area contributed by atoms with Crippen LogP contribution in [0.5, 0.6) is 0 Å². The van der Waals surface area contributed by atoms with E-state index in [-0.39, 0.29) is 18.2 Å². The minimum Gasteiger partial charge on any atom is -0.468 e. The zero-order chi connectivity index (χ0) is 16.9. The van der Waals surface area contributed by atoms with Gasteiger partial charge in [0.2, 0.25) is 0 Å². The SMILES string of the molecule is C[C@H](O)C1CCN(C(=O)NC[C@H](c2ccco2)N2CCCC2)CC1. The molecule has 1 aromatic heterocycles. The van der Waals surface area contributed by atoms with E-state index in [4.69, 9.17) is 4.42 Å². The molecule has 0 aliphatic carbocycles. The van der Waals surface area contributed by atoms with Crippen molar-refractivity contribution in [3.8, 4) is 0 Å². The molecule has 0 unspecified atom stereocenters. The Morgan fingerprint density at radius 1 is 1.33 bits per heavy atom. The van der Waals surface area contributed by atoms with Gasteiger partial charge in [-0.15, -0.1) is 0 Å². The molecule has 1 aromatic rings. The van der Waals surface area contributed by atoms with Crippen molar-refractivity contribution in [2.75, 3.05) is 32.7 Å². The van der Waals surface area contributed by atoms with Crippen LogP contribution in [0.2, 0.25) is 0 Å². The third-order valence-corrected chi connectivity index (χ3v) is 5.41. The number of carbonyl (C=O) groups is 1. The molecule has 3 heterocycles. The van der Waals surface area contributed by atoms with E-state index in [2.05, 4.69) is 10.2 Å². The third kappa shape index (κ3) is 4.11. The number of aliphatic hydroxyl groups is 1. The van der Waals surface area contributed by atoms with Crippen molar-refractivity contribution in [2.24, 2.45) is 5.92 Å². The zero-order valence-corrected chi connectivity index (χ0v) is 14.5. The van der Waals surface area contributed by atoms with Crippen LogP contribution in [0.1, 0.15) is 44.4 Å². The summed E-state index contributed by atoms with van der Waals surface area (Å²) in [7, 11) is 0. The highest BCUT2D eigenvalue weighted by atomic mass is 16.3. The molecule has 0 spiro atoms. The fourth-order valence-corrected chi connectivity index (χ4v) is 3.82. The van der Waals surface area contributed by atoms with E-state index in [0.29, 0.717) is 12.5 Å². The summed E-state index contributed by atoms with van der Waals surface area (Å²) in [5.41, 5.74) is 0. The Kier molecular flexibility index (Phi) is 5.79. The van der Waals surface area contributed by atoms with Gasteiger partial charge < -0.3 is 19.7 Å². The number of urea groups is 1. The van der Waals surface area contributed by atoms with Gasteiger partial charge in [-0.3, -0.25) is 4.90 Å². The number of carbonyl (C=O) groups excluding carboxylic acids is 1. The molecule has 0 aromatic carbocycles. The smallest absolute Gasteiger partial charge is 0.317 e. The Bertz CT molecular complexity index is 504. The standard InChI is InChI=1S/C18H29N3O3/c1-14(22)15-6-10-21(11-7-15)18(23)19-13-16(17-5-4-12-24-17)20-8-2-3-9-20/h4-5,12,14-16,22H,2-3,6-11,13H2,1H3,(H,19,23)/t14-,16+/m0/s1. The molecular formula is C18H29N3O3. The minimum absolute atomic E-state index is 0.00482. The van der Waals surface area contributed by atoms with Crippen LogP contribution in [-0.2, 0) is 0 Å². The van der Waals surface area contributed by atoms with Crippen molar-refractivity contribution in [3.63, 3.8) is 0 Å². The molecule has 2 amide bonds. The second-order valence-electron chi connectivity index (χ2n) is 7.03. The number of piperidine rings is 1. The number of nitrogens with one attached hydrogen (secondary N) is 1. The first-order chi connectivity index (χ1) is 11.6. The molecule has 134 valence electrons. The Balaban J connectivity index is 1.52. The van der Waals surface area contributed by atoms with Crippen LogP contribution in [0.15, 0.2) is 22.8 Å². The molecule has 2 saturated heterocycles. The third-order valence-electron chi connectivity index (χ3n) is 5.41. The lowest BCUT2D eigenvalue weighted by Crippen LogP contribution is -2.47. The van der Waals surface area contributed by atoms with Gasteiger partial charge in [0.05, 0.1) is 18.4 Å². The quantitative estimate of drug-likeness (QED) is 0.866. The average molecular weight is 335 g/mol. The summed E-state index contributed by atoms with van der Waals surface area (Å²) in [4.78, 5) is 16.7. The predicted molar refractivity (Wildman–Crippen MR) is 91.6 cm³/mol. The van der Waals surface area contributed by atoms with E-state index in [9.17, 15) is 9.90 Å². The van der Waals surface area contributed by atoms with Gasteiger partial charge in [-0.25, -0.2) is 4.79 Å². The number of rotatable bonds is 5. The predicted octanol–water partition coefficient (Wildman–Crippen LogP) is 2.22. The van der Waals surface area contributed by atoms with Crippen molar-refractivity contribution in [1.82, 2.24) is 15.1 Å². The summed E-state index contributed by atoms with van der Waals surface area (Å²) < 4.78 is 5.59.